The number of hydrogen-bond acceptors (Lipinski definition) is 7. The fourth-order valence-corrected chi connectivity index (χ4v) is 3.96. The van der Waals surface area contributed by atoms with Gasteiger partial charge in [0.05, 0.1) is 17.6 Å². The van der Waals surface area contributed by atoms with E-state index in [-0.39, 0.29) is 22.4 Å². The standard InChI is InChI=1S/C22H18N4O5S/c1-30-19-10-6-5-9-18(19)21-24-25-22(31-21)23-20(27)15-11-13-16(14-12-15)26-32(28,29)17-7-3-2-4-8-17/h2-14,26H,1H3,(H,23,25,27). The van der Waals surface area contributed by atoms with Crippen LogP contribution in [0.3, 0.4) is 0 Å². The van der Waals surface area contributed by atoms with Crippen LogP contribution in [0.25, 0.3) is 11.5 Å². The first-order valence-electron chi connectivity index (χ1n) is 9.42. The van der Waals surface area contributed by atoms with E-state index >= 15 is 0 Å². The van der Waals surface area contributed by atoms with Crippen molar-refractivity contribution in [2.75, 3.05) is 17.1 Å². The van der Waals surface area contributed by atoms with Crippen molar-refractivity contribution in [3.63, 3.8) is 0 Å². The zero-order chi connectivity index (χ0) is 22.6. The highest BCUT2D eigenvalue weighted by atomic mass is 32.2. The normalized spacial score (nSPS) is 11.0. The number of carbonyl (C=O) groups excluding carboxylic acids is 1. The summed E-state index contributed by atoms with van der Waals surface area (Å²) in [6.45, 7) is 0. The largest absolute Gasteiger partial charge is 0.496 e. The summed E-state index contributed by atoms with van der Waals surface area (Å²) < 4.78 is 38.1. The van der Waals surface area contributed by atoms with E-state index in [9.17, 15) is 13.2 Å². The van der Waals surface area contributed by atoms with E-state index in [1.165, 1.54) is 43.5 Å². The Morgan fingerprint density at radius 3 is 2.31 bits per heavy atom. The van der Waals surface area contributed by atoms with Gasteiger partial charge in [0.15, 0.2) is 0 Å². The van der Waals surface area contributed by atoms with Gasteiger partial charge in [-0.3, -0.25) is 14.8 Å². The van der Waals surface area contributed by atoms with Gasteiger partial charge in [0.2, 0.25) is 0 Å². The monoisotopic (exact) mass is 450 g/mol. The van der Waals surface area contributed by atoms with Crippen LogP contribution in [0.2, 0.25) is 0 Å². The number of ether oxygens (including phenoxy) is 1. The van der Waals surface area contributed by atoms with Gasteiger partial charge in [0, 0.05) is 11.3 Å². The molecule has 0 spiro atoms. The first-order chi connectivity index (χ1) is 15.5. The van der Waals surface area contributed by atoms with Crippen LogP contribution in [0.1, 0.15) is 10.4 Å². The van der Waals surface area contributed by atoms with Crippen molar-refractivity contribution in [3.05, 3.63) is 84.4 Å². The van der Waals surface area contributed by atoms with E-state index in [4.69, 9.17) is 9.15 Å². The molecule has 0 aliphatic rings. The lowest BCUT2D eigenvalue weighted by atomic mass is 10.2. The van der Waals surface area contributed by atoms with Crippen molar-refractivity contribution in [1.29, 1.82) is 0 Å². The molecule has 0 saturated heterocycles. The lowest BCUT2D eigenvalue weighted by Crippen LogP contribution is -2.14. The Kier molecular flexibility index (Phi) is 5.86. The van der Waals surface area contributed by atoms with Gasteiger partial charge >= 0.3 is 6.01 Å². The third-order valence-electron chi connectivity index (χ3n) is 4.44. The Morgan fingerprint density at radius 2 is 1.59 bits per heavy atom. The Bertz CT molecular complexity index is 1340. The van der Waals surface area contributed by atoms with Crippen molar-refractivity contribution in [2.24, 2.45) is 0 Å². The van der Waals surface area contributed by atoms with Crippen LogP contribution in [0, 0.1) is 0 Å². The third-order valence-corrected chi connectivity index (χ3v) is 5.83. The van der Waals surface area contributed by atoms with Crippen LogP contribution in [0.5, 0.6) is 5.75 Å². The summed E-state index contributed by atoms with van der Waals surface area (Å²) in [5.74, 6) is 0.267. The Morgan fingerprint density at radius 1 is 0.906 bits per heavy atom. The number of anilines is 2. The number of amides is 1. The van der Waals surface area contributed by atoms with Gasteiger partial charge in [0.25, 0.3) is 21.8 Å². The van der Waals surface area contributed by atoms with Crippen LogP contribution in [0.4, 0.5) is 11.7 Å². The number of nitrogens with one attached hydrogen (secondary N) is 2. The van der Waals surface area contributed by atoms with Gasteiger partial charge in [0.1, 0.15) is 5.75 Å². The highest BCUT2D eigenvalue weighted by Crippen LogP contribution is 2.29. The number of nitrogens with zero attached hydrogens (tertiary/aromatic N) is 2. The van der Waals surface area contributed by atoms with E-state index in [1.807, 2.05) is 6.07 Å². The molecule has 0 radical (unpaired) electrons. The molecule has 162 valence electrons. The van der Waals surface area contributed by atoms with Crippen LogP contribution in [0.15, 0.2) is 88.2 Å². The maximum absolute atomic E-state index is 12.5. The summed E-state index contributed by atoms with van der Waals surface area (Å²) in [6.07, 6.45) is 0. The molecule has 10 heteroatoms. The SMILES string of the molecule is COc1ccccc1-c1nnc(NC(=O)c2ccc(NS(=O)(=O)c3ccccc3)cc2)o1. The Hall–Kier alpha value is -4.18. The molecule has 0 aliphatic heterocycles. The second-order valence-electron chi connectivity index (χ2n) is 6.56. The van der Waals surface area contributed by atoms with E-state index in [0.717, 1.165) is 0 Å². The van der Waals surface area contributed by atoms with Crippen molar-refractivity contribution < 1.29 is 22.4 Å². The second kappa shape index (κ2) is 8.90. The molecule has 1 heterocycles. The lowest BCUT2D eigenvalue weighted by Gasteiger charge is -2.08. The molecular weight excluding hydrogens is 432 g/mol. The molecule has 0 saturated carbocycles. The minimum absolute atomic E-state index is 0.0789. The molecule has 0 atom stereocenters. The number of benzene rings is 3. The predicted octanol–water partition coefficient (Wildman–Crippen LogP) is 3.80. The molecular formula is C22H18N4O5S. The molecule has 0 bridgehead atoms. The summed E-state index contributed by atoms with van der Waals surface area (Å²) in [5, 5.41) is 10.3. The van der Waals surface area contributed by atoms with Crippen LogP contribution in [-0.2, 0) is 10.0 Å². The average molecular weight is 450 g/mol. The molecule has 3 aromatic carbocycles. The summed E-state index contributed by atoms with van der Waals surface area (Å²) >= 11 is 0. The molecule has 4 aromatic rings. The van der Waals surface area contributed by atoms with Crippen LogP contribution >= 0.6 is 0 Å². The van der Waals surface area contributed by atoms with Crippen LogP contribution in [-0.4, -0.2) is 31.6 Å². The number of sulfonamides is 1. The van der Waals surface area contributed by atoms with E-state index < -0.39 is 15.9 Å². The smallest absolute Gasteiger partial charge is 0.322 e. The highest BCUT2D eigenvalue weighted by Gasteiger charge is 2.17. The van der Waals surface area contributed by atoms with Gasteiger partial charge in [-0.1, -0.05) is 35.4 Å². The number of methoxy groups -OCH3 is 1. The van der Waals surface area contributed by atoms with Gasteiger partial charge in [-0.15, -0.1) is 5.10 Å². The maximum atomic E-state index is 12.5. The van der Waals surface area contributed by atoms with E-state index in [2.05, 4.69) is 20.2 Å². The minimum Gasteiger partial charge on any atom is -0.496 e. The average Bonchev–Trinajstić information content (AvgIpc) is 3.28. The van der Waals surface area contributed by atoms with Crippen molar-refractivity contribution in [1.82, 2.24) is 10.2 Å². The van der Waals surface area contributed by atoms with Gasteiger partial charge in [-0.25, -0.2) is 8.42 Å². The summed E-state index contributed by atoms with van der Waals surface area (Å²) in [4.78, 5) is 12.6. The summed E-state index contributed by atoms with van der Waals surface area (Å²) in [5.41, 5.74) is 1.20. The highest BCUT2D eigenvalue weighted by molar-refractivity contribution is 7.92. The van der Waals surface area contributed by atoms with Gasteiger partial charge < -0.3 is 9.15 Å². The van der Waals surface area contributed by atoms with Crippen molar-refractivity contribution in [2.45, 2.75) is 4.90 Å². The zero-order valence-electron chi connectivity index (χ0n) is 16.8. The number of hydrogen-bond donors (Lipinski definition) is 2. The Labute approximate surface area is 184 Å². The molecule has 1 amide bonds. The Balaban J connectivity index is 1.44. The van der Waals surface area contributed by atoms with Gasteiger partial charge in [-0.05, 0) is 48.5 Å². The number of carbonyl (C=O) groups is 1. The molecule has 2 N–H and O–H groups in total. The zero-order valence-corrected chi connectivity index (χ0v) is 17.7. The fourth-order valence-electron chi connectivity index (χ4n) is 2.88. The van der Waals surface area contributed by atoms with Gasteiger partial charge in [-0.2, -0.15) is 0 Å². The predicted molar refractivity (Wildman–Crippen MR) is 118 cm³/mol. The fraction of sp³-hybridized carbons (Fsp3) is 0.0455. The minimum atomic E-state index is -3.72. The quantitative estimate of drug-likeness (QED) is 0.439. The van der Waals surface area contributed by atoms with Crippen molar-refractivity contribution >= 4 is 27.6 Å². The molecule has 0 aliphatic carbocycles. The second-order valence-corrected chi connectivity index (χ2v) is 8.25. The van der Waals surface area contributed by atoms with E-state index in [0.29, 0.717) is 17.0 Å². The summed E-state index contributed by atoms with van der Waals surface area (Å²) in [7, 11) is -2.19. The number of aromatic nitrogens is 2. The topological polar surface area (TPSA) is 123 Å². The first kappa shape index (κ1) is 21.1. The first-order valence-corrected chi connectivity index (χ1v) is 10.9. The third kappa shape index (κ3) is 4.60. The lowest BCUT2D eigenvalue weighted by molar-refractivity contribution is 0.102. The van der Waals surface area contributed by atoms with Crippen molar-refractivity contribution in [3.8, 4) is 17.2 Å². The number of para-hydroxylation sites is 1. The van der Waals surface area contributed by atoms with E-state index in [1.54, 1.807) is 36.4 Å². The number of rotatable bonds is 7. The molecule has 0 unspecified atom stereocenters. The molecule has 4 rings (SSSR count). The summed E-state index contributed by atoms with van der Waals surface area (Å²) in [6, 6.07) is 21.0. The molecule has 1 aromatic heterocycles. The molecule has 0 fully saturated rings. The van der Waals surface area contributed by atoms with Crippen LogP contribution < -0.4 is 14.8 Å². The molecule has 32 heavy (non-hydrogen) atoms. The molecule has 9 nitrogen and oxygen atoms in total. The maximum Gasteiger partial charge on any atom is 0.322 e.